The van der Waals surface area contributed by atoms with Gasteiger partial charge in [-0.3, -0.25) is 4.99 Å². The van der Waals surface area contributed by atoms with Crippen molar-refractivity contribution < 1.29 is 25.8 Å². The molecule has 0 spiro atoms. The second kappa shape index (κ2) is 15.2. The summed E-state index contributed by atoms with van der Waals surface area (Å²) < 4.78 is 8.90. The van der Waals surface area contributed by atoms with Gasteiger partial charge in [0.25, 0.3) is 0 Å². The van der Waals surface area contributed by atoms with Gasteiger partial charge in [-0.25, -0.2) is 4.98 Å². The Labute approximate surface area is 387 Å². The molecule has 0 fully saturated rings. The van der Waals surface area contributed by atoms with Crippen molar-refractivity contribution in [2.45, 2.75) is 92.5 Å². The van der Waals surface area contributed by atoms with Crippen molar-refractivity contribution in [2.75, 3.05) is 11.5 Å². The Morgan fingerprint density at radius 1 is 0.698 bits per heavy atom. The third kappa shape index (κ3) is 7.04. The molecule has 2 aliphatic heterocycles. The van der Waals surface area contributed by atoms with Gasteiger partial charge in [0.1, 0.15) is 23.9 Å². The Morgan fingerprint density at radius 2 is 1.41 bits per heavy atom. The van der Waals surface area contributed by atoms with Crippen LogP contribution in [0.1, 0.15) is 97.2 Å². The second-order valence-corrected chi connectivity index (χ2v) is 19.6. The summed E-state index contributed by atoms with van der Waals surface area (Å²) in [5, 5.41) is 2.35. The molecule has 2 aromatic heterocycles. The van der Waals surface area contributed by atoms with E-state index in [1.165, 1.54) is 55.5 Å². The van der Waals surface area contributed by atoms with E-state index in [4.69, 9.17) is 14.7 Å². The first-order valence-electron chi connectivity index (χ1n) is 21.8. The fraction of sp³-hybridized carbons (Fsp3) is 0.263. The van der Waals surface area contributed by atoms with E-state index >= 15 is 0 Å². The number of aromatic nitrogens is 2. The average molecular weight is 1010 g/mol. The number of fused-ring (bicyclic) bond motifs is 5. The SMILES string of the molecule is Cc1cc(C)c(-c2cc(C3=N[C@](C)(c4ccccc4)CO3)[c-]c(N3c4[c-]c5c(cc4C(C)(C)c4cc(C)ccc43)c3cc(C)ccc3n5-c3cc(C(C)(C)C)ccn3)c2)c(C)c1.[Pt+2]. The van der Waals surface area contributed by atoms with E-state index in [1.54, 1.807) is 0 Å². The number of rotatable bonds is 5. The maximum Gasteiger partial charge on any atom is 2.00 e. The minimum atomic E-state index is -0.522. The summed E-state index contributed by atoms with van der Waals surface area (Å²) in [6.07, 6.45) is 1.95. The Hall–Kier alpha value is -5.77. The molecule has 0 saturated carbocycles. The quantitative estimate of drug-likeness (QED) is 0.161. The van der Waals surface area contributed by atoms with E-state index in [2.05, 4.69) is 201 Å². The Morgan fingerprint density at radius 3 is 2.14 bits per heavy atom. The van der Waals surface area contributed by atoms with Crippen LogP contribution in [-0.4, -0.2) is 22.1 Å². The molecule has 6 heteroatoms. The minimum absolute atomic E-state index is 0. The van der Waals surface area contributed by atoms with Gasteiger partial charge >= 0.3 is 21.1 Å². The number of aryl methyl sites for hydroxylation is 5. The summed E-state index contributed by atoms with van der Waals surface area (Å²) in [7, 11) is 0. The van der Waals surface area contributed by atoms with Crippen molar-refractivity contribution in [1.29, 1.82) is 0 Å². The standard InChI is InChI=1S/C57H54N4O.Pt/c1-34-17-19-48-44(25-34)45-31-47-51(32-50(45)61(48)52-30-42(21-22-58-52)55(6,7)8)60(49-20-18-35(2)26-46(49)56(47,9)10)43-28-39(53-37(4)23-36(3)24-38(53)5)27-40(29-43)54-59-57(11,33-62-54)41-15-13-12-14-16-41;/h12-28,30-31H,33H2,1-11H3;/q-2;+2/t57-;/m0./s1. The zero-order chi connectivity index (χ0) is 43.5. The number of ether oxygens (including phenoxy) is 1. The predicted octanol–water partition coefficient (Wildman–Crippen LogP) is 14.1. The molecule has 6 aromatic carbocycles. The Bertz CT molecular complexity index is 3150. The smallest absolute Gasteiger partial charge is 0.517 e. The van der Waals surface area contributed by atoms with Crippen LogP contribution in [0.4, 0.5) is 17.1 Å². The number of hydrogen-bond donors (Lipinski definition) is 0. The first-order chi connectivity index (χ1) is 29.5. The average Bonchev–Trinajstić information content (AvgIpc) is 3.78. The first-order valence-corrected chi connectivity index (χ1v) is 21.8. The third-order valence-corrected chi connectivity index (χ3v) is 13.3. The van der Waals surface area contributed by atoms with Gasteiger partial charge in [0.2, 0.25) is 0 Å². The molecule has 0 N–H and O–H groups in total. The van der Waals surface area contributed by atoms with Gasteiger partial charge in [0, 0.05) is 17.4 Å². The Kier molecular flexibility index (Phi) is 10.3. The summed E-state index contributed by atoms with van der Waals surface area (Å²) in [6.45, 7) is 25.0. The molecular weight excluding hydrogens is 952 g/mol. The van der Waals surface area contributed by atoms with Gasteiger partial charge < -0.3 is 14.2 Å². The van der Waals surface area contributed by atoms with Gasteiger partial charge in [-0.05, 0) is 121 Å². The van der Waals surface area contributed by atoms with Crippen molar-refractivity contribution in [2.24, 2.45) is 4.99 Å². The first kappa shape index (κ1) is 42.5. The third-order valence-electron chi connectivity index (χ3n) is 13.3. The van der Waals surface area contributed by atoms with Crippen LogP contribution in [0.5, 0.6) is 0 Å². The van der Waals surface area contributed by atoms with Gasteiger partial charge in [-0.15, -0.1) is 35.2 Å². The summed E-state index contributed by atoms with van der Waals surface area (Å²) in [5.41, 5.74) is 18.3. The van der Waals surface area contributed by atoms with Crippen LogP contribution < -0.4 is 4.90 Å². The molecule has 10 rings (SSSR count). The number of anilines is 3. The zero-order valence-corrected chi connectivity index (χ0v) is 40.5. The monoisotopic (exact) mass is 1010 g/mol. The summed E-state index contributed by atoms with van der Waals surface area (Å²) in [5.74, 6) is 1.48. The van der Waals surface area contributed by atoms with Crippen LogP contribution in [0, 0.1) is 46.8 Å². The van der Waals surface area contributed by atoms with Crippen LogP contribution in [0.3, 0.4) is 0 Å². The van der Waals surface area contributed by atoms with Gasteiger partial charge in [-0.1, -0.05) is 140 Å². The minimum Gasteiger partial charge on any atom is -0.517 e. The van der Waals surface area contributed by atoms with Crippen LogP contribution >= 0.6 is 0 Å². The van der Waals surface area contributed by atoms with Gasteiger partial charge in [0.05, 0.1) is 0 Å². The van der Waals surface area contributed by atoms with E-state index < -0.39 is 5.54 Å². The van der Waals surface area contributed by atoms with Crippen LogP contribution in [0.25, 0.3) is 38.8 Å². The van der Waals surface area contributed by atoms with Gasteiger partial charge in [0.15, 0.2) is 0 Å². The molecule has 4 heterocycles. The van der Waals surface area contributed by atoms with E-state index in [-0.39, 0.29) is 31.9 Å². The van der Waals surface area contributed by atoms with Crippen LogP contribution in [0.15, 0.2) is 120 Å². The van der Waals surface area contributed by atoms with Crippen LogP contribution in [-0.2, 0) is 42.2 Å². The maximum atomic E-state index is 6.59. The van der Waals surface area contributed by atoms with E-state index in [9.17, 15) is 0 Å². The molecule has 8 aromatic rings. The summed E-state index contributed by atoms with van der Waals surface area (Å²) >= 11 is 0. The largest absolute Gasteiger partial charge is 2.00 e. The molecule has 0 bridgehead atoms. The predicted molar refractivity (Wildman–Crippen MR) is 257 cm³/mol. The van der Waals surface area contributed by atoms with Crippen LogP contribution in [0.2, 0.25) is 0 Å². The molecule has 63 heavy (non-hydrogen) atoms. The second-order valence-electron chi connectivity index (χ2n) is 19.6. The number of nitrogens with zero attached hydrogens (tertiary/aromatic N) is 4. The zero-order valence-electron chi connectivity index (χ0n) is 38.2. The normalized spacial score (nSPS) is 16.7. The molecular formula is C57H54N4OPt. The summed E-state index contributed by atoms with van der Waals surface area (Å²) in [4.78, 5) is 12.8. The maximum absolute atomic E-state index is 6.59. The molecule has 2 aliphatic rings. The number of pyridine rings is 1. The number of hydrogen-bond acceptors (Lipinski definition) is 4. The molecule has 0 radical (unpaired) electrons. The Balaban J connectivity index is 0.00000504. The number of aliphatic imine (C=N–C) groups is 1. The molecule has 318 valence electrons. The molecule has 0 aliphatic carbocycles. The van der Waals surface area contributed by atoms with Crippen molar-refractivity contribution in [3.8, 4) is 16.9 Å². The van der Waals surface area contributed by atoms with Gasteiger partial charge in [-0.2, -0.15) is 6.07 Å². The summed E-state index contributed by atoms with van der Waals surface area (Å²) in [6, 6.07) is 48.0. The molecule has 0 amide bonds. The molecule has 0 saturated heterocycles. The topological polar surface area (TPSA) is 42.6 Å². The number of benzene rings is 6. The molecule has 1 atom stereocenters. The van der Waals surface area contributed by atoms with Crippen molar-refractivity contribution >= 4 is 44.8 Å². The molecule has 0 unspecified atom stereocenters. The fourth-order valence-electron chi connectivity index (χ4n) is 10.0. The van der Waals surface area contributed by atoms with Crippen molar-refractivity contribution in [1.82, 2.24) is 9.55 Å². The van der Waals surface area contributed by atoms with Crippen molar-refractivity contribution in [3.05, 3.63) is 183 Å². The van der Waals surface area contributed by atoms with E-state index in [0.29, 0.717) is 12.5 Å². The van der Waals surface area contributed by atoms with E-state index in [1.807, 2.05) is 12.3 Å². The molecule has 5 nitrogen and oxygen atoms in total. The van der Waals surface area contributed by atoms with Crippen molar-refractivity contribution in [3.63, 3.8) is 0 Å². The van der Waals surface area contributed by atoms with E-state index in [0.717, 1.165) is 56.0 Å². The fourth-order valence-corrected chi connectivity index (χ4v) is 10.0.